The number of piperidine rings is 1. The number of aliphatic carboxylic acids is 1. The van der Waals surface area contributed by atoms with E-state index in [1.807, 2.05) is 30.3 Å². The van der Waals surface area contributed by atoms with Gasteiger partial charge in [0.25, 0.3) is 0 Å². The Morgan fingerprint density at radius 2 is 1.96 bits per heavy atom. The van der Waals surface area contributed by atoms with Gasteiger partial charge < -0.3 is 20.6 Å². The quantitative estimate of drug-likeness (QED) is 0.651. The number of nitrogens with one attached hydrogen (secondary N) is 2. The number of rotatable bonds is 4. The van der Waals surface area contributed by atoms with Crippen molar-refractivity contribution < 1.29 is 19.5 Å². The van der Waals surface area contributed by atoms with Crippen molar-refractivity contribution in [1.29, 1.82) is 0 Å². The highest BCUT2D eigenvalue weighted by atomic mass is 32.2. The molecule has 0 aliphatic carbocycles. The maximum Gasteiger partial charge on any atom is 0.327 e. The first-order valence-electron chi connectivity index (χ1n) is 8.79. The summed E-state index contributed by atoms with van der Waals surface area (Å²) < 4.78 is -0.462. The van der Waals surface area contributed by atoms with Crippen LogP contribution in [0.25, 0.3) is 0 Å². The largest absolute Gasteiger partial charge is 0.480 e. The number of hydrogen-bond donors (Lipinski definition) is 3. The first kappa shape index (κ1) is 17.4. The van der Waals surface area contributed by atoms with Crippen LogP contribution in [0.5, 0.6) is 0 Å². The molecule has 1 spiro atoms. The lowest BCUT2D eigenvalue weighted by Crippen LogP contribution is -2.71. The van der Waals surface area contributed by atoms with Gasteiger partial charge in [-0.1, -0.05) is 30.3 Å². The molecule has 1 aromatic rings. The number of carboxylic acids is 1. The van der Waals surface area contributed by atoms with Gasteiger partial charge in [-0.05, 0) is 31.5 Å². The zero-order chi connectivity index (χ0) is 18.3. The molecule has 138 valence electrons. The van der Waals surface area contributed by atoms with Crippen LogP contribution in [-0.4, -0.2) is 63.1 Å². The minimum absolute atomic E-state index is 0.208. The first-order chi connectivity index (χ1) is 12.5. The maximum absolute atomic E-state index is 12.6. The minimum atomic E-state index is -0.954. The van der Waals surface area contributed by atoms with E-state index in [9.17, 15) is 19.5 Å². The third-order valence-electron chi connectivity index (χ3n) is 5.42. The highest BCUT2D eigenvalue weighted by Gasteiger charge is 2.66. The van der Waals surface area contributed by atoms with Crippen molar-refractivity contribution >= 4 is 29.5 Å². The van der Waals surface area contributed by atoms with Gasteiger partial charge in [-0.3, -0.25) is 9.59 Å². The second-order valence-electron chi connectivity index (χ2n) is 7.02. The lowest BCUT2D eigenvalue weighted by atomic mass is 9.86. The monoisotopic (exact) mass is 375 g/mol. The van der Waals surface area contributed by atoms with Gasteiger partial charge in [0, 0.05) is 0 Å². The van der Waals surface area contributed by atoms with Gasteiger partial charge >= 0.3 is 5.97 Å². The molecule has 0 bridgehead atoms. The topological polar surface area (TPSA) is 98.7 Å². The van der Waals surface area contributed by atoms with E-state index in [-0.39, 0.29) is 23.6 Å². The van der Waals surface area contributed by atoms with Crippen LogP contribution in [0, 0.1) is 0 Å². The Hall–Kier alpha value is -2.06. The van der Waals surface area contributed by atoms with Crippen molar-refractivity contribution in [3.63, 3.8) is 0 Å². The lowest BCUT2D eigenvalue weighted by Gasteiger charge is -2.44. The summed E-state index contributed by atoms with van der Waals surface area (Å²) in [6.45, 7) is 1.49. The van der Waals surface area contributed by atoms with E-state index in [2.05, 4.69) is 10.6 Å². The zero-order valence-electron chi connectivity index (χ0n) is 14.2. The van der Waals surface area contributed by atoms with E-state index in [0.29, 0.717) is 12.8 Å². The molecule has 3 N–H and O–H groups in total. The molecule has 1 aromatic carbocycles. The van der Waals surface area contributed by atoms with Crippen molar-refractivity contribution in [1.82, 2.24) is 15.5 Å². The number of hydrogen-bond acceptors (Lipinski definition) is 5. The summed E-state index contributed by atoms with van der Waals surface area (Å²) in [5.74, 6) is -1.45. The predicted octanol–water partition coefficient (Wildman–Crippen LogP) is 0.204. The van der Waals surface area contributed by atoms with E-state index in [1.54, 1.807) is 11.8 Å². The van der Waals surface area contributed by atoms with Crippen molar-refractivity contribution in [2.75, 3.05) is 13.1 Å². The lowest BCUT2D eigenvalue weighted by molar-refractivity contribution is -0.161. The van der Waals surface area contributed by atoms with Crippen LogP contribution < -0.4 is 10.6 Å². The fourth-order valence-corrected chi connectivity index (χ4v) is 6.09. The first-order valence-corrected chi connectivity index (χ1v) is 9.67. The molecular weight excluding hydrogens is 354 g/mol. The van der Waals surface area contributed by atoms with Crippen LogP contribution >= 0.6 is 11.8 Å². The number of β-lactam (4-membered cyclic amide) rings is 1. The number of fused-ring (bicyclic) bond motifs is 1. The van der Waals surface area contributed by atoms with E-state index in [4.69, 9.17) is 0 Å². The van der Waals surface area contributed by atoms with Crippen molar-refractivity contribution in [3.8, 4) is 0 Å². The molecule has 3 atom stereocenters. The second kappa shape index (κ2) is 6.59. The summed E-state index contributed by atoms with van der Waals surface area (Å²) in [6.07, 6.45) is 1.62. The van der Waals surface area contributed by atoms with Gasteiger partial charge in [0.1, 0.15) is 17.5 Å². The number of carbonyl (C=O) groups is 3. The third kappa shape index (κ3) is 2.77. The molecule has 3 aliphatic heterocycles. The van der Waals surface area contributed by atoms with Crippen LogP contribution in [0.2, 0.25) is 0 Å². The molecule has 0 aromatic heterocycles. The zero-order valence-corrected chi connectivity index (χ0v) is 15.0. The number of benzene rings is 1. The number of amides is 2. The number of thioether (sulfide) groups is 1. The van der Waals surface area contributed by atoms with Crippen LogP contribution in [0.1, 0.15) is 18.4 Å². The molecular formula is C18H21N3O4S. The van der Waals surface area contributed by atoms with E-state index in [0.717, 1.165) is 18.7 Å². The molecule has 7 nitrogen and oxygen atoms in total. The normalized spacial score (nSPS) is 29.2. The average molecular weight is 375 g/mol. The standard InChI is InChI=1S/C18H21N3O4S/c22-12(10-11-4-2-1-3-5-11)20-13-15(23)21-14(17(24)25)18(26-16(13)21)6-8-19-9-7-18/h1-5,13-14,16,19H,6-10H2,(H,20,22)(H,24,25)/t13?,14?,16-/m1/s1. The van der Waals surface area contributed by atoms with Gasteiger partial charge in [-0.2, -0.15) is 0 Å². The maximum atomic E-state index is 12.6. The van der Waals surface area contributed by atoms with Gasteiger partial charge in [-0.25, -0.2) is 4.79 Å². The average Bonchev–Trinajstić information content (AvgIpc) is 2.92. The molecule has 4 rings (SSSR count). The highest BCUT2D eigenvalue weighted by Crippen LogP contribution is 2.54. The fraction of sp³-hybridized carbons (Fsp3) is 0.500. The fourth-order valence-electron chi connectivity index (χ4n) is 4.17. The molecule has 2 unspecified atom stereocenters. The number of carbonyl (C=O) groups excluding carboxylic acids is 2. The Morgan fingerprint density at radius 3 is 2.62 bits per heavy atom. The Balaban J connectivity index is 1.47. The van der Waals surface area contributed by atoms with E-state index in [1.165, 1.54) is 4.90 Å². The molecule has 8 heteroatoms. The van der Waals surface area contributed by atoms with Crippen molar-refractivity contribution in [2.45, 2.75) is 41.5 Å². The summed E-state index contributed by atoms with van der Waals surface area (Å²) in [4.78, 5) is 38.2. The van der Waals surface area contributed by atoms with E-state index >= 15 is 0 Å². The Kier molecular flexibility index (Phi) is 4.40. The van der Waals surface area contributed by atoms with Crippen LogP contribution in [0.15, 0.2) is 30.3 Å². The predicted molar refractivity (Wildman–Crippen MR) is 96.6 cm³/mol. The minimum Gasteiger partial charge on any atom is -0.480 e. The second-order valence-corrected chi connectivity index (χ2v) is 8.55. The third-order valence-corrected chi connectivity index (χ3v) is 7.26. The Bertz CT molecular complexity index is 735. The smallest absolute Gasteiger partial charge is 0.327 e. The number of nitrogens with zero attached hydrogens (tertiary/aromatic N) is 1. The summed E-state index contributed by atoms with van der Waals surface area (Å²) in [5, 5.41) is 15.5. The van der Waals surface area contributed by atoms with Gasteiger partial charge in [0.05, 0.1) is 11.2 Å². The van der Waals surface area contributed by atoms with Crippen molar-refractivity contribution in [3.05, 3.63) is 35.9 Å². The highest BCUT2D eigenvalue weighted by molar-refractivity contribution is 8.01. The van der Waals surface area contributed by atoms with Crippen molar-refractivity contribution in [2.24, 2.45) is 0 Å². The molecule has 3 heterocycles. The molecule has 0 saturated carbocycles. The Labute approximate surface area is 155 Å². The van der Waals surface area contributed by atoms with Crippen LogP contribution in [0.4, 0.5) is 0 Å². The summed E-state index contributed by atoms with van der Waals surface area (Å²) >= 11 is 1.55. The Morgan fingerprint density at radius 1 is 1.27 bits per heavy atom. The summed E-state index contributed by atoms with van der Waals surface area (Å²) in [7, 11) is 0. The molecule has 2 amide bonds. The molecule has 3 fully saturated rings. The molecule has 0 radical (unpaired) electrons. The van der Waals surface area contributed by atoms with Crippen LogP contribution in [0.3, 0.4) is 0 Å². The van der Waals surface area contributed by atoms with Gasteiger partial charge in [0.2, 0.25) is 11.8 Å². The molecule has 26 heavy (non-hydrogen) atoms. The van der Waals surface area contributed by atoms with Crippen LogP contribution in [-0.2, 0) is 20.8 Å². The summed E-state index contributed by atoms with van der Waals surface area (Å²) in [5.41, 5.74) is 0.881. The van der Waals surface area contributed by atoms with Gasteiger partial charge in [-0.15, -0.1) is 11.8 Å². The summed E-state index contributed by atoms with van der Waals surface area (Å²) in [6, 6.07) is 7.90. The molecule has 3 aliphatic rings. The van der Waals surface area contributed by atoms with E-state index < -0.39 is 22.8 Å². The molecule has 3 saturated heterocycles. The van der Waals surface area contributed by atoms with Gasteiger partial charge in [0.15, 0.2) is 0 Å². The SMILES string of the molecule is O=C(Cc1ccccc1)NC1C(=O)N2C(C(=O)O)C3(CCNCC3)S[C@H]12. The number of carboxylic acid groups (broad SMARTS) is 1.